The molecule has 0 aliphatic heterocycles. The molecule has 0 aliphatic carbocycles. The van der Waals surface area contributed by atoms with Crippen molar-refractivity contribution in [2.24, 2.45) is 0 Å². The lowest BCUT2D eigenvalue weighted by molar-refractivity contribution is 1.16. The highest BCUT2D eigenvalue weighted by molar-refractivity contribution is 5.63. The van der Waals surface area contributed by atoms with E-state index < -0.39 is 0 Å². The van der Waals surface area contributed by atoms with Gasteiger partial charge in [-0.25, -0.2) is 4.98 Å². The molecule has 0 bridgehead atoms. The van der Waals surface area contributed by atoms with Crippen molar-refractivity contribution in [3.8, 4) is 12.1 Å². The summed E-state index contributed by atoms with van der Waals surface area (Å²) in [4.78, 5) is 8.66. The van der Waals surface area contributed by atoms with Gasteiger partial charge in [0.1, 0.15) is 5.82 Å². The van der Waals surface area contributed by atoms with Crippen LogP contribution in [0.2, 0.25) is 0 Å². The first-order valence-corrected chi connectivity index (χ1v) is 7.97. The standard InChI is InChI=1S/C20H16N6/c1-13-9-17(10-14(2)18(13)12-22)24-19-7-8-23-20(26-19)25-16-5-3-15(11-21)4-6-16/h3-10H,1-2H3,(H2,23,24,25,26). The summed E-state index contributed by atoms with van der Waals surface area (Å²) in [6.07, 6.45) is 1.66. The Bertz CT molecular complexity index is 1000. The zero-order valence-electron chi connectivity index (χ0n) is 14.4. The van der Waals surface area contributed by atoms with Crippen LogP contribution in [0.25, 0.3) is 0 Å². The Morgan fingerprint density at radius 3 is 2.15 bits per heavy atom. The van der Waals surface area contributed by atoms with Crippen LogP contribution in [0.15, 0.2) is 48.7 Å². The molecule has 1 heterocycles. The molecule has 0 radical (unpaired) electrons. The monoisotopic (exact) mass is 340 g/mol. The van der Waals surface area contributed by atoms with E-state index in [1.54, 1.807) is 36.5 Å². The molecule has 26 heavy (non-hydrogen) atoms. The van der Waals surface area contributed by atoms with Crippen LogP contribution in [0.1, 0.15) is 22.3 Å². The summed E-state index contributed by atoms with van der Waals surface area (Å²) in [6, 6.07) is 17.0. The number of aromatic nitrogens is 2. The van der Waals surface area contributed by atoms with Gasteiger partial charge >= 0.3 is 0 Å². The van der Waals surface area contributed by atoms with E-state index in [4.69, 9.17) is 5.26 Å². The first kappa shape index (κ1) is 16.9. The molecule has 3 aromatic rings. The molecule has 6 heteroatoms. The van der Waals surface area contributed by atoms with Crippen molar-refractivity contribution < 1.29 is 0 Å². The van der Waals surface area contributed by atoms with Gasteiger partial charge in [-0.15, -0.1) is 0 Å². The highest BCUT2D eigenvalue weighted by Crippen LogP contribution is 2.23. The Balaban J connectivity index is 1.79. The Morgan fingerprint density at radius 1 is 0.846 bits per heavy atom. The zero-order chi connectivity index (χ0) is 18.5. The number of anilines is 4. The lowest BCUT2D eigenvalue weighted by Gasteiger charge is -2.11. The maximum Gasteiger partial charge on any atom is 0.229 e. The molecule has 0 fully saturated rings. The third-order valence-corrected chi connectivity index (χ3v) is 3.84. The molecule has 0 unspecified atom stereocenters. The lowest BCUT2D eigenvalue weighted by Crippen LogP contribution is -2.01. The van der Waals surface area contributed by atoms with Crippen LogP contribution in [0.3, 0.4) is 0 Å². The molecule has 0 aliphatic rings. The number of hydrogen-bond acceptors (Lipinski definition) is 6. The largest absolute Gasteiger partial charge is 0.340 e. The Labute approximate surface area is 151 Å². The second-order valence-electron chi connectivity index (χ2n) is 5.80. The van der Waals surface area contributed by atoms with E-state index in [0.717, 1.165) is 22.5 Å². The van der Waals surface area contributed by atoms with Gasteiger partial charge < -0.3 is 10.6 Å². The minimum absolute atomic E-state index is 0.446. The maximum atomic E-state index is 9.17. The Morgan fingerprint density at radius 2 is 1.54 bits per heavy atom. The van der Waals surface area contributed by atoms with E-state index in [-0.39, 0.29) is 0 Å². The Hall–Kier alpha value is -3.90. The third-order valence-electron chi connectivity index (χ3n) is 3.84. The summed E-state index contributed by atoms with van der Waals surface area (Å²) < 4.78 is 0. The molecule has 2 N–H and O–H groups in total. The van der Waals surface area contributed by atoms with E-state index in [1.165, 1.54) is 0 Å². The third kappa shape index (κ3) is 3.77. The van der Waals surface area contributed by atoms with Crippen molar-refractivity contribution in [2.45, 2.75) is 13.8 Å². The summed E-state index contributed by atoms with van der Waals surface area (Å²) in [5.41, 5.74) is 4.79. The highest BCUT2D eigenvalue weighted by atomic mass is 15.1. The van der Waals surface area contributed by atoms with Crippen molar-refractivity contribution in [3.63, 3.8) is 0 Å². The average molecular weight is 340 g/mol. The van der Waals surface area contributed by atoms with E-state index in [2.05, 4.69) is 32.7 Å². The summed E-state index contributed by atoms with van der Waals surface area (Å²) in [5.74, 6) is 1.08. The summed E-state index contributed by atoms with van der Waals surface area (Å²) in [7, 11) is 0. The normalized spacial score (nSPS) is 9.85. The van der Waals surface area contributed by atoms with Crippen LogP contribution in [0.5, 0.6) is 0 Å². The number of benzene rings is 2. The second kappa shape index (κ2) is 7.33. The molecule has 0 spiro atoms. The number of nitrogens with zero attached hydrogens (tertiary/aromatic N) is 4. The maximum absolute atomic E-state index is 9.17. The summed E-state index contributed by atoms with van der Waals surface area (Å²) >= 11 is 0. The van der Waals surface area contributed by atoms with Crippen molar-refractivity contribution in [3.05, 3.63) is 70.9 Å². The van der Waals surface area contributed by atoms with Crippen LogP contribution in [-0.4, -0.2) is 9.97 Å². The van der Waals surface area contributed by atoms with Gasteiger partial charge in [0.15, 0.2) is 0 Å². The highest BCUT2D eigenvalue weighted by Gasteiger charge is 2.06. The molecule has 6 nitrogen and oxygen atoms in total. The second-order valence-corrected chi connectivity index (χ2v) is 5.80. The summed E-state index contributed by atoms with van der Waals surface area (Å²) in [6.45, 7) is 3.82. The van der Waals surface area contributed by atoms with Crippen LogP contribution in [0, 0.1) is 36.5 Å². The summed E-state index contributed by atoms with van der Waals surface area (Å²) in [5, 5.41) is 24.4. The van der Waals surface area contributed by atoms with Gasteiger partial charge in [-0.1, -0.05) is 0 Å². The number of hydrogen-bond donors (Lipinski definition) is 2. The molecule has 0 amide bonds. The number of aryl methyl sites for hydroxylation is 2. The molecule has 0 saturated carbocycles. The minimum atomic E-state index is 0.446. The fourth-order valence-electron chi connectivity index (χ4n) is 2.61. The molecular weight excluding hydrogens is 324 g/mol. The van der Waals surface area contributed by atoms with Crippen LogP contribution in [-0.2, 0) is 0 Å². The van der Waals surface area contributed by atoms with E-state index in [0.29, 0.717) is 22.9 Å². The van der Waals surface area contributed by atoms with Gasteiger partial charge in [0.25, 0.3) is 0 Å². The van der Waals surface area contributed by atoms with Gasteiger partial charge in [0.2, 0.25) is 5.95 Å². The quantitative estimate of drug-likeness (QED) is 0.734. The Kier molecular flexibility index (Phi) is 4.78. The van der Waals surface area contributed by atoms with Crippen molar-refractivity contribution in [2.75, 3.05) is 10.6 Å². The van der Waals surface area contributed by atoms with Gasteiger partial charge in [0.05, 0.1) is 23.3 Å². The fraction of sp³-hybridized carbons (Fsp3) is 0.100. The smallest absolute Gasteiger partial charge is 0.229 e. The van der Waals surface area contributed by atoms with Crippen molar-refractivity contribution in [1.29, 1.82) is 10.5 Å². The van der Waals surface area contributed by atoms with Crippen LogP contribution >= 0.6 is 0 Å². The van der Waals surface area contributed by atoms with Gasteiger partial charge in [0, 0.05) is 17.6 Å². The molecule has 1 aromatic heterocycles. The first-order chi connectivity index (χ1) is 12.6. The van der Waals surface area contributed by atoms with E-state index in [1.807, 2.05) is 26.0 Å². The van der Waals surface area contributed by atoms with Crippen LogP contribution < -0.4 is 10.6 Å². The van der Waals surface area contributed by atoms with Gasteiger partial charge in [-0.05, 0) is 67.4 Å². The molecule has 0 atom stereocenters. The van der Waals surface area contributed by atoms with Gasteiger partial charge in [-0.3, -0.25) is 0 Å². The molecule has 126 valence electrons. The molecule has 3 rings (SSSR count). The predicted molar refractivity (Wildman–Crippen MR) is 100 cm³/mol. The molecule has 2 aromatic carbocycles. The fourth-order valence-corrected chi connectivity index (χ4v) is 2.61. The van der Waals surface area contributed by atoms with Crippen molar-refractivity contribution >= 4 is 23.1 Å². The topological polar surface area (TPSA) is 97.4 Å². The van der Waals surface area contributed by atoms with Gasteiger partial charge in [-0.2, -0.15) is 15.5 Å². The SMILES string of the molecule is Cc1cc(Nc2ccnc(Nc3ccc(C#N)cc3)n2)cc(C)c1C#N. The first-order valence-electron chi connectivity index (χ1n) is 7.97. The van der Waals surface area contributed by atoms with E-state index in [9.17, 15) is 5.26 Å². The number of nitriles is 2. The molecular formula is C20H16N6. The van der Waals surface area contributed by atoms with Crippen molar-refractivity contribution in [1.82, 2.24) is 9.97 Å². The average Bonchev–Trinajstić information content (AvgIpc) is 2.62. The minimum Gasteiger partial charge on any atom is -0.340 e. The zero-order valence-corrected chi connectivity index (χ0v) is 14.4. The lowest BCUT2D eigenvalue weighted by atomic mass is 10.0. The van der Waals surface area contributed by atoms with E-state index >= 15 is 0 Å². The predicted octanol–water partition coefficient (Wildman–Crippen LogP) is 4.32. The number of nitrogens with one attached hydrogen (secondary N) is 2. The number of rotatable bonds is 4. The van der Waals surface area contributed by atoms with Crippen LogP contribution in [0.4, 0.5) is 23.1 Å². The molecule has 0 saturated heterocycles.